The highest BCUT2D eigenvalue weighted by Crippen LogP contribution is 2.30. The van der Waals surface area contributed by atoms with E-state index in [0.717, 1.165) is 31.6 Å². The summed E-state index contributed by atoms with van der Waals surface area (Å²) in [6.45, 7) is 5.35. The summed E-state index contributed by atoms with van der Waals surface area (Å²) < 4.78 is 5.89. The van der Waals surface area contributed by atoms with Crippen LogP contribution in [0.4, 0.5) is 5.69 Å². The highest BCUT2D eigenvalue weighted by atomic mass is 16.6. The van der Waals surface area contributed by atoms with Gasteiger partial charge in [0.25, 0.3) is 5.69 Å². The first-order valence-corrected chi connectivity index (χ1v) is 7.40. The molecule has 0 spiro atoms. The quantitative estimate of drug-likeness (QED) is 0.493. The fraction of sp³-hybridized carbons (Fsp3) is 0.600. The van der Waals surface area contributed by atoms with Gasteiger partial charge >= 0.3 is 0 Å². The van der Waals surface area contributed by atoms with Crippen molar-refractivity contribution < 1.29 is 9.66 Å². The van der Waals surface area contributed by atoms with Crippen LogP contribution in [0.2, 0.25) is 0 Å². The number of nitro benzene ring substituents is 1. The zero-order chi connectivity index (χ0) is 15.2. The molecule has 6 nitrogen and oxygen atoms in total. The molecule has 2 unspecified atom stereocenters. The van der Waals surface area contributed by atoms with E-state index in [2.05, 4.69) is 17.1 Å². The second-order valence-corrected chi connectivity index (χ2v) is 5.39. The lowest BCUT2D eigenvalue weighted by molar-refractivity contribution is -0.385. The molecular weight excluding hydrogens is 270 g/mol. The number of ether oxygens (including phenoxy) is 1. The second kappa shape index (κ2) is 7.49. The smallest absolute Gasteiger partial charge is 0.269 e. The largest absolute Gasteiger partial charge is 0.374 e. The number of rotatable bonds is 6. The van der Waals surface area contributed by atoms with Gasteiger partial charge in [0.1, 0.15) is 0 Å². The van der Waals surface area contributed by atoms with Gasteiger partial charge < -0.3 is 10.1 Å². The fourth-order valence-corrected chi connectivity index (χ4v) is 2.75. The monoisotopic (exact) mass is 293 g/mol. The van der Waals surface area contributed by atoms with Crippen LogP contribution in [0.25, 0.3) is 0 Å². The van der Waals surface area contributed by atoms with Crippen LogP contribution in [0.15, 0.2) is 24.3 Å². The molecule has 0 saturated carbocycles. The van der Waals surface area contributed by atoms with E-state index < -0.39 is 0 Å². The first-order valence-electron chi connectivity index (χ1n) is 7.40. The number of non-ortho nitro benzene ring substituents is 1. The van der Waals surface area contributed by atoms with Crippen LogP contribution in [0, 0.1) is 10.1 Å². The van der Waals surface area contributed by atoms with Gasteiger partial charge in [-0.2, -0.15) is 0 Å². The van der Waals surface area contributed by atoms with Crippen LogP contribution in [-0.4, -0.2) is 49.2 Å². The third kappa shape index (κ3) is 4.00. The van der Waals surface area contributed by atoms with Gasteiger partial charge in [-0.3, -0.25) is 15.0 Å². The van der Waals surface area contributed by atoms with Crippen LogP contribution in [0.1, 0.15) is 24.9 Å². The number of nitro groups is 1. The topological polar surface area (TPSA) is 67.6 Å². The van der Waals surface area contributed by atoms with Crippen LogP contribution < -0.4 is 5.32 Å². The van der Waals surface area contributed by atoms with E-state index in [1.807, 2.05) is 13.1 Å². The number of morpholine rings is 1. The molecule has 0 aliphatic carbocycles. The van der Waals surface area contributed by atoms with Crippen molar-refractivity contribution in [2.45, 2.75) is 25.5 Å². The Balaban J connectivity index is 2.18. The molecule has 0 bridgehead atoms. The zero-order valence-electron chi connectivity index (χ0n) is 12.6. The van der Waals surface area contributed by atoms with Crippen molar-refractivity contribution in [3.05, 3.63) is 39.9 Å². The molecule has 0 amide bonds. The average Bonchev–Trinajstić information content (AvgIpc) is 2.48. The Hall–Kier alpha value is -1.50. The molecule has 116 valence electrons. The van der Waals surface area contributed by atoms with Crippen molar-refractivity contribution in [1.29, 1.82) is 0 Å². The Morgan fingerprint density at radius 1 is 1.52 bits per heavy atom. The summed E-state index contributed by atoms with van der Waals surface area (Å²) in [5.74, 6) is 0. The van der Waals surface area contributed by atoms with Gasteiger partial charge in [-0.1, -0.05) is 19.1 Å². The van der Waals surface area contributed by atoms with E-state index in [1.54, 1.807) is 12.1 Å². The van der Waals surface area contributed by atoms with Crippen LogP contribution in [-0.2, 0) is 4.74 Å². The minimum atomic E-state index is -0.350. The first kappa shape index (κ1) is 15.9. The number of benzene rings is 1. The Morgan fingerprint density at radius 3 is 3.05 bits per heavy atom. The van der Waals surface area contributed by atoms with E-state index in [-0.39, 0.29) is 22.8 Å². The van der Waals surface area contributed by atoms with E-state index >= 15 is 0 Å². The summed E-state index contributed by atoms with van der Waals surface area (Å²) in [6, 6.07) is 6.91. The maximum atomic E-state index is 11.0. The number of nitrogens with zero attached hydrogens (tertiary/aromatic N) is 2. The summed E-state index contributed by atoms with van der Waals surface area (Å²) in [6.07, 6.45) is 1.08. The molecule has 1 aromatic rings. The number of likely N-dealkylation sites (N-methyl/N-ethyl adjacent to an activating group) is 1. The minimum absolute atomic E-state index is 0.0114. The van der Waals surface area contributed by atoms with Gasteiger partial charge in [0, 0.05) is 25.2 Å². The predicted molar refractivity (Wildman–Crippen MR) is 81.4 cm³/mol. The SMILES string of the molecule is CCCNCC1OCCN(C)C1c1cccc([N+](=O)[O-])c1. The Kier molecular flexibility index (Phi) is 5.67. The number of hydrogen-bond donors (Lipinski definition) is 1. The second-order valence-electron chi connectivity index (χ2n) is 5.39. The van der Waals surface area contributed by atoms with Gasteiger partial charge in [0.15, 0.2) is 0 Å². The zero-order valence-corrected chi connectivity index (χ0v) is 12.6. The van der Waals surface area contributed by atoms with Crippen molar-refractivity contribution in [3.63, 3.8) is 0 Å². The van der Waals surface area contributed by atoms with E-state index in [0.29, 0.717) is 6.61 Å². The van der Waals surface area contributed by atoms with Crippen LogP contribution in [0.3, 0.4) is 0 Å². The molecule has 1 aliphatic heterocycles. The molecule has 1 saturated heterocycles. The first-order chi connectivity index (χ1) is 10.1. The summed E-state index contributed by atoms with van der Waals surface area (Å²) in [5.41, 5.74) is 1.07. The molecule has 21 heavy (non-hydrogen) atoms. The van der Waals surface area contributed by atoms with Crippen molar-refractivity contribution in [2.75, 3.05) is 33.3 Å². The van der Waals surface area contributed by atoms with Crippen molar-refractivity contribution in [2.24, 2.45) is 0 Å². The predicted octanol–water partition coefficient (Wildman–Crippen LogP) is 1.97. The molecule has 1 N–H and O–H groups in total. The van der Waals surface area contributed by atoms with Crippen molar-refractivity contribution >= 4 is 5.69 Å². The lowest BCUT2D eigenvalue weighted by Gasteiger charge is -2.39. The van der Waals surface area contributed by atoms with Crippen LogP contribution >= 0.6 is 0 Å². The van der Waals surface area contributed by atoms with Gasteiger partial charge in [-0.05, 0) is 25.6 Å². The van der Waals surface area contributed by atoms with Gasteiger partial charge in [-0.15, -0.1) is 0 Å². The minimum Gasteiger partial charge on any atom is -0.374 e. The van der Waals surface area contributed by atoms with Gasteiger partial charge in [0.2, 0.25) is 0 Å². The lowest BCUT2D eigenvalue weighted by atomic mass is 9.98. The maximum absolute atomic E-state index is 11.0. The summed E-state index contributed by atoms with van der Waals surface area (Å²) in [5, 5.41) is 14.3. The molecule has 1 aromatic carbocycles. The molecular formula is C15H23N3O3. The molecule has 1 heterocycles. The Labute approximate surface area is 125 Å². The molecule has 0 aromatic heterocycles. The molecule has 1 aliphatic rings. The van der Waals surface area contributed by atoms with E-state index in [9.17, 15) is 10.1 Å². The fourth-order valence-electron chi connectivity index (χ4n) is 2.75. The summed E-state index contributed by atoms with van der Waals surface area (Å²) in [7, 11) is 2.04. The summed E-state index contributed by atoms with van der Waals surface area (Å²) >= 11 is 0. The van der Waals surface area contributed by atoms with Crippen molar-refractivity contribution in [1.82, 2.24) is 10.2 Å². The Bertz CT molecular complexity index is 481. The van der Waals surface area contributed by atoms with Gasteiger partial charge in [-0.25, -0.2) is 0 Å². The molecule has 0 radical (unpaired) electrons. The molecule has 1 fully saturated rings. The number of nitrogens with one attached hydrogen (secondary N) is 1. The van der Waals surface area contributed by atoms with E-state index in [4.69, 9.17) is 4.74 Å². The highest BCUT2D eigenvalue weighted by molar-refractivity contribution is 5.36. The molecule has 2 atom stereocenters. The third-order valence-electron chi connectivity index (χ3n) is 3.80. The van der Waals surface area contributed by atoms with Crippen molar-refractivity contribution in [3.8, 4) is 0 Å². The maximum Gasteiger partial charge on any atom is 0.269 e. The highest BCUT2D eigenvalue weighted by Gasteiger charge is 2.31. The van der Waals surface area contributed by atoms with Crippen LogP contribution in [0.5, 0.6) is 0 Å². The lowest BCUT2D eigenvalue weighted by Crippen LogP contribution is -2.47. The van der Waals surface area contributed by atoms with E-state index in [1.165, 1.54) is 6.07 Å². The molecule has 2 rings (SSSR count). The Morgan fingerprint density at radius 2 is 2.33 bits per heavy atom. The van der Waals surface area contributed by atoms with Gasteiger partial charge in [0.05, 0.1) is 23.7 Å². The third-order valence-corrected chi connectivity index (χ3v) is 3.80. The standard InChI is InChI=1S/C15H23N3O3/c1-3-7-16-11-14-15(17(2)8-9-21-14)12-5-4-6-13(10-12)18(19)20/h4-6,10,14-16H,3,7-9,11H2,1-2H3. The number of hydrogen-bond acceptors (Lipinski definition) is 5. The molecule has 6 heteroatoms. The normalized spacial score (nSPS) is 23.1. The average molecular weight is 293 g/mol. The summed E-state index contributed by atoms with van der Waals surface area (Å²) in [4.78, 5) is 12.8.